The molecule has 0 aliphatic carbocycles. The first-order valence-electron chi connectivity index (χ1n) is 3.21. The summed E-state index contributed by atoms with van der Waals surface area (Å²) in [5.41, 5.74) is 0.648. The van der Waals surface area contributed by atoms with E-state index in [1.807, 2.05) is 20.0 Å². The number of nitrogens with zero attached hydrogens (tertiary/aromatic N) is 1. The molecule has 1 N–H and O–H groups in total. The van der Waals surface area contributed by atoms with E-state index in [2.05, 4.69) is 9.97 Å². The van der Waals surface area contributed by atoms with Crippen molar-refractivity contribution in [3.8, 4) is 0 Å². The van der Waals surface area contributed by atoms with Gasteiger partial charge in [0, 0.05) is 13.3 Å². The summed E-state index contributed by atoms with van der Waals surface area (Å²) in [5.74, 6) is 0. The molecular weight excluding hydrogens is 128 g/mol. The van der Waals surface area contributed by atoms with Gasteiger partial charge >= 0.3 is 0 Å². The summed E-state index contributed by atoms with van der Waals surface area (Å²) in [6.07, 6.45) is 3.49. The Morgan fingerprint density at radius 1 is 1.60 bits per heavy atom. The van der Waals surface area contributed by atoms with Crippen LogP contribution in [0.2, 0.25) is 0 Å². The minimum absolute atomic E-state index is 0.278. The largest absolute Gasteiger partial charge is 0.372 e. The van der Waals surface area contributed by atoms with Crippen LogP contribution in [0.25, 0.3) is 0 Å². The summed E-state index contributed by atoms with van der Waals surface area (Å²) in [7, 11) is 1.68. The van der Waals surface area contributed by atoms with Crippen LogP contribution >= 0.6 is 0 Å². The maximum absolute atomic E-state index is 5.20. The van der Waals surface area contributed by atoms with Crippen molar-refractivity contribution in [2.75, 3.05) is 7.11 Å². The highest BCUT2D eigenvalue weighted by Gasteiger charge is 2.20. The highest BCUT2D eigenvalue weighted by molar-refractivity contribution is 5.04. The third kappa shape index (κ3) is 1.19. The Balaban J connectivity index is 2.85. The molecule has 56 valence electrons. The van der Waals surface area contributed by atoms with E-state index < -0.39 is 0 Å². The first-order valence-corrected chi connectivity index (χ1v) is 3.21. The zero-order chi connectivity index (χ0) is 7.61. The third-order valence-corrected chi connectivity index (χ3v) is 1.63. The summed E-state index contributed by atoms with van der Waals surface area (Å²) in [6.45, 7) is 3.95. The van der Waals surface area contributed by atoms with Gasteiger partial charge in [-0.05, 0) is 13.8 Å². The minimum atomic E-state index is -0.278. The molecule has 0 spiro atoms. The van der Waals surface area contributed by atoms with Crippen LogP contribution in [0, 0.1) is 0 Å². The number of aromatic nitrogens is 2. The van der Waals surface area contributed by atoms with Gasteiger partial charge in [-0.2, -0.15) is 0 Å². The lowest BCUT2D eigenvalue weighted by molar-refractivity contribution is 0.0158. The van der Waals surface area contributed by atoms with Crippen LogP contribution in [0.5, 0.6) is 0 Å². The molecule has 1 aromatic rings. The third-order valence-electron chi connectivity index (χ3n) is 1.63. The van der Waals surface area contributed by atoms with Gasteiger partial charge in [-0.3, -0.25) is 0 Å². The normalized spacial score (nSPS) is 11.9. The molecule has 0 radical (unpaired) electrons. The lowest BCUT2D eigenvalue weighted by Crippen LogP contribution is -2.19. The molecule has 10 heavy (non-hydrogen) atoms. The van der Waals surface area contributed by atoms with Crippen LogP contribution in [0.15, 0.2) is 12.5 Å². The van der Waals surface area contributed by atoms with Crippen LogP contribution in [-0.2, 0) is 10.3 Å². The second-order valence-corrected chi connectivity index (χ2v) is 2.67. The molecule has 0 aliphatic rings. The molecule has 0 aliphatic heterocycles. The Kier molecular flexibility index (Phi) is 1.76. The second kappa shape index (κ2) is 2.42. The van der Waals surface area contributed by atoms with Gasteiger partial charge in [0.1, 0.15) is 5.60 Å². The Morgan fingerprint density at radius 3 is 2.70 bits per heavy atom. The van der Waals surface area contributed by atoms with Gasteiger partial charge in [0.15, 0.2) is 0 Å². The number of hydrogen-bond acceptors (Lipinski definition) is 2. The fourth-order valence-corrected chi connectivity index (χ4v) is 0.694. The fourth-order valence-electron chi connectivity index (χ4n) is 0.694. The smallest absolute Gasteiger partial charge is 0.106 e. The van der Waals surface area contributed by atoms with E-state index in [4.69, 9.17) is 4.74 Å². The van der Waals surface area contributed by atoms with Crippen molar-refractivity contribution in [3.05, 3.63) is 18.2 Å². The average Bonchev–Trinajstić information content (AvgIpc) is 2.38. The zero-order valence-corrected chi connectivity index (χ0v) is 6.51. The molecule has 1 aromatic heterocycles. The van der Waals surface area contributed by atoms with Gasteiger partial charge in [-0.15, -0.1) is 0 Å². The quantitative estimate of drug-likeness (QED) is 0.672. The van der Waals surface area contributed by atoms with Gasteiger partial charge in [0.05, 0.1) is 12.0 Å². The van der Waals surface area contributed by atoms with E-state index >= 15 is 0 Å². The van der Waals surface area contributed by atoms with E-state index in [0.29, 0.717) is 0 Å². The molecule has 0 fully saturated rings. The molecule has 3 heteroatoms. The number of H-pyrrole nitrogens is 1. The van der Waals surface area contributed by atoms with Crippen molar-refractivity contribution >= 4 is 0 Å². The summed E-state index contributed by atoms with van der Waals surface area (Å²) in [5, 5.41) is 0. The lowest BCUT2D eigenvalue weighted by atomic mass is 10.1. The van der Waals surface area contributed by atoms with E-state index in [1.165, 1.54) is 0 Å². The SMILES string of the molecule is COC(C)(C)c1c[nH]cn1. The Morgan fingerprint density at radius 2 is 2.30 bits per heavy atom. The molecule has 3 nitrogen and oxygen atoms in total. The van der Waals surface area contributed by atoms with Crippen molar-refractivity contribution in [2.24, 2.45) is 0 Å². The second-order valence-electron chi connectivity index (χ2n) is 2.67. The zero-order valence-electron chi connectivity index (χ0n) is 6.51. The molecule has 1 heterocycles. The summed E-state index contributed by atoms with van der Waals surface area (Å²) in [6, 6.07) is 0. The molecule has 0 bridgehead atoms. The van der Waals surface area contributed by atoms with E-state index in [-0.39, 0.29) is 5.60 Å². The molecule has 0 unspecified atom stereocenters. The van der Waals surface area contributed by atoms with Gasteiger partial charge in [-0.1, -0.05) is 0 Å². The molecule has 0 saturated carbocycles. The molecule has 0 atom stereocenters. The Labute approximate surface area is 60.4 Å². The van der Waals surface area contributed by atoms with E-state index in [9.17, 15) is 0 Å². The van der Waals surface area contributed by atoms with Crippen LogP contribution in [-0.4, -0.2) is 17.1 Å². The number of rotatable bonds is 2. The number of ether oxygens (including phenoxy) is 1. The molecule has 0 saturated heterocycles. The first-order chi connectivity index (χ1) is 4.67. The molecular formula is C7H12N2O. The van der Waals surface area contributed by atoms with Crippen LogP contribution < -0.4 is 0 Å². The number of methoxy groups -OCH3 is 1. The summed E-state index contributed by atoms with van der Waals surface area (Å²) >= 11 is 0. The average molecular weight is 140 g/mol. The van der Waals surface area contributed by atoms with Gasteiger partial charge < -0.3 is 9.72 Å². The van der Waals surface area contributed by atoms with Gasteiger partial charge in [0.2, 0.25) is 0 Å². The van der Waals surface area contributed by atoms with Crippen molar-refractivity contribution in [3.63, 3.8) is 0 Å². The predicted octanol–water partition coefficient (Wildman–Crippen LogP) is 1.29. The minimum Gasteiger partial charge on any atom is -0.372 e. The molecule has 1 rings (SSSR count). The lowest BCUT2D eigenvalue weighted by Gasteiger charge is -2.19. The Bertz CT molecular complexity index is 191. The van der Waals surface area contributed by atoms with Crippen molar-refractivity contribution in [2.45, 2.75) is 19.4 Å². The Hall–Kier alpha value is -0.830. The standard InChI is InChI=1S/C7H12N2O/c1-7(2,10-3)6-4-8-5-9-6/h4-5H,1-3H3,(H,8,9). The van der Waals surface area contributed by atoms with Crippen molar-refractivity contribution in [1.82, 2.24) is 9.97 Å². The van der Waals surface area contributed by atoms with Gasteiger partial charge in [0.25, 0.3) is 0 Å². The van der Waals surface area contributed by atoms with Crippen molar-refractivity contribution in [1.29, 1.82) is 0 Å². The summed E-state index contributed by atoms with van der Waals surface area (Å²) < 4.78 is 5.20. The predicted molar refractivity (Wildman–Crippen MR) is 38.6 cm³/mol. The van der Waals surface area contributed by atoms with Crippen LogP contribution in [0.3, 0.4) is 0 Å². The fraction of sp³-hybridized carbons (Fsp3) is 0.571. The number of hydrogen-bond donors (Lipinski definition) is 1. The maximum atomic E-state index is 5.20. The first kappa shape index (κ1) is 7.28. The van der Waals surface area contributed by atoms with E-state index in [1.54, 1.807) is 13.4 Å². The highest BCUT2D eigenvalue weighted by Crippen LogP contribution is 2.19. The van der Waals surface area contributed by atoms with Crippen LogP contribution in [0.4, 0.5) is 0 Å². The summed E-state index contributed by atoms with van der Waals surface area (Å²) in [4.78, 5) is 6.96. The number of aromatic amines is 1. The monoisotopic (exact) mass is 140 g/mol. The molecule has 0 aromatic carbocycles. The highest BCUT2D eigenvalue weighted by atomic mass is 16.5. The molecule has 0 amide bonds. The number of imidazole rings is 1. The van der Waals surface area contributed by atoms with E-state index in [0.717, 1.165) is 5.69 Å². The van der Waals surface area contributed by atoms with Crippen LogP contribution in [0.1, 0.15) is 19.5 Å². The topological polar surface area (TPSA) is 37.9 Å². The van der Waals surface area contributed by atoms with Crippen molar-refractivity contribution < 1.29 is 4.74 Å². The van der Waals surface area contributed by atoms with Gasteiger partial charge in [-0.25, -0.2) is 4.98 Å². The maximum Gasteiger partial charge on any atom is 0.106 e. The number of nitrogens with one attached hydrogen (secondary N) is 1.